The number of ketones is 1. The van der Waals surface area contributed by atoms with E-state index in [9.17, 15) is 35.1 Å². The van der Waals surface area contributed by atoms with Crippen molar-refractivity contribution in [3.05, 3.63) is 29.8 Å². The predicted molar refractivity (Wildman–Crippen MR) is 102 cm³/mol. The van der Waals surface area contributed by atoms with Gasteiger partial charge in [-0.25, -0.2) is 4.79 Å². The van der Waals surface area contributed by atoms with E-state index in [4.69, 9.17) is 14.2 Å². The number of aliphatic hydroxyl groups excluding tert-OH is 3. The first-order chi connectivity index (χ1) is 14.1. The number of Topliss-reactive ketones (excluding diaryl/α,β-unsaturated/α-hetero) is 1. The van der Waals surface area contributed by atoms with Crippen LogP contribution in [0.1, 0.15) is 25.8 Å². The van der Waals surface area contributed by atoms with Crippen LogP contribution < -0.4 is 0 Å². The van der Waals surface area contributed by atoms with Crippen LogP contribution in [-0.4, -0.2) is 80.7 Å². The zero-order valence-electron chi connectivity index (χ0n) is 16.5. The SMILES string of the molecule is CC(=O)C[C@@H](C)O[C@@H]1O[C@H](COC(=O)/C=C/c2ccc(O)c(O)c2)[C@@H](O)[C@H](O)[C@H]1O. The van der Waals surface area contributed by atoms with Gasteiger partial charge in [0.15, 0.2) is 17.8 Å². The Morgan fingerprint density at radius 2 is 1.83 bits per heavy atom. The standard InChI is InChI=1S/C20H26O10/c1-10(21)7-11(2)29-20-19(27)18(26)17(25)15(30-20)9-28-16(24)6-4-12-3-5-13(22)14(23)8-12/h3-6,8,11,15,17-20,22-23,25-27H,7,9H2,1-2H3/b6-4+/t11-,15-,17-,18+,19-,20-/m1/s1. The van der Waals surface area contributed by atoms with Gasteiger partial charge in [0.05, 0.1) is 6.10 Å². The minimum Gasteiger partial charge on any atom is -0.504 e. The molecule has 1 aliphatic heterocycles. The second kappa shape index (κ2) is 10.5. The predicted octanol–water partition coefficient (Wildman–Crippen LogP) is -0.154. The molecule has 1 aromatic carbocycles. The lowest BCUT2D eigenvalue weighted by Crippen LogP contribution is -2.59. The lowest BCUT2D eigenvalue weighted by Gasteiger charge is -2.40. The summed E-state index contributed by atoms with van der Waals surface area (Å²) in [6, 6.07) is 3.97. The Morgan fingerprint density at radius 3 is 2.47 bits per heavy atom. The van der Waals surface area contributed by atoms with Crippen molar-refractivity contribution in [3.8, 4) is 11.5 Å². The van der Waals surface area contributed by atoms with Crippen LogP contribution in [0.2, 0.25) is 0 Å². The maximum atomic E-state index is 11.9. The Labute approximate surface area is 172 Å². The monoisotopic (exact) mass is 426 g/mol. The quantitative estimate of drug-likeness (QED) is 0.214. The molecule has 166 valence electrons. The number of phenols is 2. The average Bonchev–Trinajstić information content (AvgIpc) is 2.67. The van der Waals surface area contributed by atoms with Crippen LogP contribution in [-0.2, 0) is 23.8 Å². The summed E-state index contributed by atoms with van der Waals surface area (Å²) in [5.41, 5.74) is 0.433. The Bertz CT molecular complexity index is 777. The van der Waals surface area contributed by atoms with Crippen molar-refractivity contribution >= 4 is 17.8 Å². The summed E-state index contributed by atoms with van der Waals surface area (Å²) in [7, 11) is 0. The van der Waals surface area contributed by atoms with Gasteiger partial charge < -0.3 is 39.7 Å². The van der Waals surface area contributed by atoms with Crippen molar-refractivity contribution in [2.24, 2.45) is 0 Å². The molecular formula is C20H26O10. The molecular weight excluding hydrogens is 400 g/mol. The number of carbonyl (C=O) groups excluding carboxylic acids is 2. The molecule has 30 heavy (non-hydrogen) atoms. The minimum absolute atomic E-state index is 0.0719. The Balaban J connectivity index is 1.93. The van der Waals surface area contributed by atoms with Gasteiger partial charge in [-0.05, 0) is 37.6 Å². The van der Waals surface area contributed by atoms with Crippen LogP contribution in [0.3, 0.4) is 0 Å². The molecule has 10 nitrogen and oxygen atoms in total. The molecule has 0 amide bonds. The normalized spacial score (nSPS) is 27.7. The largest absolute Gasteiger partial charge is 0.504 e. The number of rotatable bonds is 8. The van der Waals surface area contributed by atoms with Gasteiger partial charge in [0.1, 0.15) is 36.8 Å². The molecule has 0 bridgehead atoms. The minimum atomic E-state index is -1.60. The highest BCUT2D eigenvalue weighted by molar-refractivity contribution is 5.87. The number of aromatic hydroxyl groups is 2. The van der Waals surface area contributed by atoms with Crippen molar-refractivity contribution in [1.82, 2.24) is 0 Å². The molecule has 0 spiro atoms. The third kappa shape index (κ3) is 6.51. The topological polar surface area (TPSA) is 163 Å². The van der Waals surface area contributed by atoms with Gasteiger partial charge in [-0.1, -0.05) is 6.07 Å². The van der Waals surface area contributed by atoms with E-state index in [1.54, 1.807) is 6.92 Å². The molecule has 0 saturated carbocycles. The van der Waals surface area contributed by atoms with E-state index in [1.807, 2.05) is 0 Å². The maximum Gasteiger partial charge on any atom is 0.330 e. The van der Waals surface area contributed by atoms with E-state index in [0.29, 0.717) is 5.56 Å². The van der Waals surface area contributed by atoms with Gasteiger partial charge in [-0.2, -0.15) is 0 Å². The zero-order chi connectivity index (χ0) is 22.4. The molecule has 1 saturated heterocycles. The molecule has 0 radical (unpaired) electrons. The fraction of sp³-hybridized carbons (Fsp3) is 0.500. The lowest BCUT2D eigenvalue weighted by atomic mass is 9.99. The summed E-state index contributed by atoms with van der Waals surface area (Å²) in [5, 5.41) is 48.8. The van der Waals surface area contributed by atoms with Crippen molar-refractivity contribution in [1.29, 1.82) is 0 Å². The molecule has 0 unspecified atom stereocenters. The van der Waals surface area contributed by atoms with Crippen LogP contribution in [0.4, 0.5) is 0 Å². The first-order valence-corrected chi connectivity index (χ1v) is 9.30. The van der Waals surface area contributed by atoms with Gasteiger partial charge in [0.25, 0.3) is 0 Å². The summed E-state index contributed by atoms with van der Waals surface area (Å²) >= 11 is 0. The second-order valence-corrected chi connectivity index (χ2v) is 7.08. The molecule has 10 heteroatoms. The lowest BCUT2D eigenvalue weighted by molar-refractivity contribution is -0.310. The number of aliphatic hydroxyl groups is 3. The number of hydrogen-bond donors (Lipinski definition) is 5. The second-order valence-electron chi connectivity index (χ2n) is 7.08. The number of phenolic OH excluding ortho intramolecular Hbond substituents is 2. The fourth-order valence-corrected chi connectivity index (χ4v) is 2.87. The average molecular weight is 426 g/mol. The van der Waals surface area contributed by atoms with E-state index in [1.165, 1.54) is 31.2 Å². The van der Waals surface area contributed by atoms with Gasteiger partial charge in [-0.15, -0.1) is 0 Å². The first kappa shape index (κ1) is 23.8. The molecule has 0 aliphatic carbocycles. The van der Waals surface area contributed by atoms with E-state index in [-0.39, 0.29) is 23.7 Å². The Morgan fingerprint density at radius 1 is 1.13 bits per heavy atom. The molecule has 2 rings (SSSR count). The molecule has 6 atom stereocenters. The summed E-state index contributed by atoms with van der Waals surface area (Å²) in [5.74, 6) is -1.57. The highest BCUT2D eigenvalue weighted by Gasteiger charge is 2.45. The zero-order valence-corrected chi connectivity index (χ0v) is 16.5. The highest BCUT2D eigenvalue weighted by atomic mass is 16.7. The van der Waals surface area contributed by atoms with Gasteiger partial charge in [-0.3, -0.25) is 4.79 Å². The van der Waals surface area contributed by atoms with Crippen molar-refractivity contribution in [3.63, 3.8) is 0 Å². The summed E-state index contributed by atoms with van der Waals surface area (Å²) in [6.07, 6.45) is -5.31. The Kier molecular flexibility index (Phi) is 8.33. The van der Waals surface area contributed by atoms with Gasteiger partial charge in [0.2, 0.25) is 0 Å². The van der Waals surface area contributed by atoms with E-state index >= 15 is 0 Å². The van der Waals surface area contributed by atoms with Crippen LogP contribution in [0.25, 0.3) is 6.08 Å². The van der Waals surface area contributed by atoms with E-state index in [0.717, 1.165) is 6.08 Å². The fourth-order valence-electron chi connectivity index (χ4n) is 2.87. The van der Waals surface area contributed by atoms with Crippen molar-refractivity contribution < 1.29 is 49.3 Å². The van der Waals surface area contributed by atoms with Crippen molar-refractivity contribution in [2.45, 2.75) is 57.1 Å². The molecule has 0 aromatic heterocycles. The van der Waals surface area contributed by atoms with E-state index < -0.39 is 49.4 Å². The van der Waals surface area contributed by atoms with Gasteiger partial charge >= 0.3 is 5.97 Å². The summed E-state index contributed by atoms with van der Waals surface area (Å²) in [4.78, 5) is 23.1. The van der Waals surface area contributed by atoms with Crippen LogP contribution in [0, 0.1) is 0 Å². The number of esters is 1. The maximum absolute atomic E-state index is 11.9. The molecule has 1 aliphatic rings. The molecule has 1 heterocycles. The van der Waals surface area contributed by atoms with Gasteiger partial charge in [0, 0.05) is 12.5 Å². The first-order valence-electron chi connectivity index (χ1n) is 9.30. The van der Waals surface area contributed by atoms with Crippen molar-refractivity contribution in [2.75, 3.05) is 6.61 Å². The third-order valence-corrected chi connectivity index (χ3v) is 4.41. The summed E-state index contributed by atoms with van der Waals surface area (Å²) < 4.78 is 15.9. The molecule has 5 N–H and O–H groups in total. The number of benzene rings is 1. The number of ether oxygens (including phenoxy) is 3. The van der Waals surface area contributed by atoms with Crippen LogP contribution in [0.15, 0.2) is 24.3 Å². The molecule has 1 aromatic rings. The third-order valence-electron chi connectivity index (χ3n) is 4.41. The number of carbonyl (C=O) groups is 2. The highest BCUT2D eigenvalue weighted by Crippen LogP contribution is 2.26. The van der Waals surface area contributed by atoms with E-state index in [2.05, 4.69) is 0 Å². The van der Waals surface area contributed by atoms with Crippen LogP contribution in [0.5, 0.6) is 11.5 Å². The smallest absolute Gasteiger partial charge is 0.330 e. The number of hydrogen-bond acceptors (Lipinski definition) is 10. The Hall–Kier alpha value is -2.50. The van der Waals surface area contributed by atoms with Crippen LogP contribution >= 0.6 is 0 Å². The molecule has 1 fully saturated rings. The summed E-state index contributed by atoms with van der Waals surface area (Å²) in [6.45, 7) is 2.54.